The summed E-state index contributed by atoms with van der Waals surface area (Å²) in [6, 6.07) is 16.1. The van der Waals surface area contributed by atoms with Crippen LogP contribution in [0.1, 0.15) is 25.7 Å². The molecule has 0 unspecified atom stereocenters. The predicted octanol–water partition coefficient (Wildman–Crippen LogP) is 5.57. The molecule has 2 amide bonds. The number of anilines is 2. The van der Waals surface area contributed by atoms with Gasteiger partial charge in [-0.25, -0.2) is 8.78 Å². The number of halogens is 2. The third kappa shape index (κ3) is 5.30. The average molecular weight is 546 g/mol. The van der Waals surface area contributed by atoms with E-state index >= 15 is 4.39 Å². The molecule has 2 aliphatic carbocycles. The average Bonchev–Trinajstić information content (AvgIpc) is 3.87. The zero-order chi connectivity index (χ0) is 27.9. The first-order valence-corrected chi connectivity index (χ1v) is 12.8. The van der Waals surface area contributed by atoms with E-state index in [0.29, 0.717) is 40.9 Å². The van der Waals surface area contributed by atoms with E-state index in [9.17, 15) is 19.1 Å². The Bertz CT molecular complexity index is 1620. The van der Waals surface area contributed by atoms with Gasteiger partial charge in [0.2, 0.25) is 11.8 Å². The van der Waals surface area contributed by atoms with Crippen molar-refractivity contribution < 1.29 is 33.0 Å². The number of aliphatic hydroxyl groups is 1. The third-order valence-corrected chi connectivity index (χ3v) is 7.14. The molecular formula is C30H25F2N3O5. The second kappa shape index (κ2) is 9.87. The Morgan fingerprint density at radius 2 is 1.55 bits per heavy atom. The van der Waals surface area contributed by atoms with Crippen molar-refractivity contribution in [3.63, 3.8) is 0 Å². The van der Waals surface area contributed by atoms with E-state index in [0.717, 1.165) is 18.9 Å². The van der Waals surface area contributed by atoms with Crippen molar-refractivity contribution in [2.45, 2.75) is 31.3 Å². The van der Waals surface area contributed by atoms with Crippen LogP contribution in [0.2, 0.25) is 0 Å². The van der Waals surface area contributed by atoms with Crippen LogP contribution in [0.25, 0.3) is 10.9 Å². The minimum absolute atomic E-state index is 0.0584. The molecule has 4 aromatic rings. The van der Waals surface area contributed by atoms with Gasteiger partial charge in [0.15, 0.2) is 11.6 Å². The number of aromatic nitrogens is 1. The van der Waals surface area contributed by atoms with Gasteiger partial charge in [0.05, 0.1) is 11.1 Å². The molecule has 1 heterocycles. The quantitative estimate of drug-likeness (QED) is 0.238. The molecule has 0 atom stereocenters. The molecule has 0 spiro atoms. The van der Waals surface area contributed by atoms with Crippen LogP contribution in [0, 0.1) is 17.0 Å². The lowest BCUT2D eigenvalue weighted by molar-refractivity contribution is -0.131. The van der Waals surface area contributed by atoms with E-state index in [1.54, 1.807) is 24.3 Å². The molecule has 0 aliphatic heterocycles. The summed E-state index contributed by atoms with van der Waals surface area (Å²) >= 11 is 0. The highest BCUT2D eigenvalue weighted by Crippen LogP contribution is 2.47. The normalized spacial score (nSPS) is 16.2. The summed E-state index contributed by atoms with van der Waals surface area (Å²) in [4.78, 5) is 30.0. The van der Waals surface area contributed by atoms with Crippen molar-refractivity contribution in [1.82, 2.24) is 4.98 Å². The Hall–Kier alpha value is -4.57. The fraction of sp³-hybridized carbons (Fsp3) is 0.233. The summed E-state index contributed by atoms with van der Waals surface area (Å²) in [6.45, 7) is 0.211. The van der Waals surface area contributed by atoms with Gasteiger partial charge in [-0.2, -0.15) is 0 Å². The molecule has 6 rings (SSSR count). The highest BCUT2D eigenvalue weighted by Gasteiger charge is 2.56. The van der Waals surface area contributed by atoms with Crippen molar-refractivity contribution in [2.24, 2.45) is 5.41 Å². The molecule has 40 heavy (non-hydrogen) atoms. The van der Waals surface area contributed by atoms with Gasteiger partial charge in [-0.1, -0.05) is 0 Å². The lowest BCUT2D eigenvalue weighted by atomic mass is 10.0. The van der Waals surface area contributed by atoms with Crippen molar-refractivity contribution in [1.29, 1.82) is 0 Å². The van der Waals surface area contributed by atoms with Gasteiger partial charge in [-0.3, -0.25) is 14.6 Å². The Kier molecular flexibility index (Phi) is 6.34. The fourth-order valence-corrected chi connectivity index (χ4v) is 4.28. The molecule has 2 aliphatic rings. The first-order valence-electron chi connectivity index (χ1n) is 12.8. The summed E-state index contributed by atoms with van der Waals surface area (Å²) in [5.74, 6) is -1.32. The topological polar surface area (TPSA) is 110 Å². The van der Waals surface area contributed by atoms with Crippen LogP contribution in [0.4, 0.5) is 20.2 Å². The molecule has 3 N–H and O–H groups in total. The van der Waals surface area contributed by atoms with Gasteiger partial charge >= 0.3 is 0 Å². The van der Waals surface area contributed by atoms with Crippen LogP contribution >= 0.6 is 0 Å². The van der Waals surface area contributed by atoms with Crippen LogP contribution in [0.5, 0.6) is 17.2 Å². The van der Waals surface area contributed by atoms with Crippen LogP contribution < -0.4 is 20.1 Å². The third-order valence-electron chi connectivity index (χ3n) is 7.14. The summed E-state index contributed by atoms with van der Waals surface area (Å²) in [7, 11) is 0. The lowest BCUT2D eigenvalue weighted by Gasteiger charge is -2.16. The molecule has 10 heteroatoms. The number of ether oxygens (including phenoxy) is 2. The molecule has 0 radical (unpaired) electrons. The molecular weight excluding hydrogens is 520 g/mol. The summed E-state index contributed by atoms with van der Waals surface area (Å²) in [5.41, 5.74) is -0.881. The van der Waals surface area contributed by atoms with Crippen molar-refractivity contribution in [3.05, 3.63) is 84.6 Å². The minimum atomic E-state index is -1.27. The van der Waals surface area contributed by atoms with Gasteiger partial charge in [0.25, 0.3) is 0 Å². The van der Waals surface area contributed by atoms with Gasteiger partial charge in [-0.15, -0.1) is 0 Å². The van der Waals surface area contributed by atoms with Crippen LogP contribution in [-0.4, -0.2) is 34.1 Å². The molecule has 3 aromatic carbocycles. The number of hydrogen-bond donors (Lipinski definition) is 3. The second-order valence-electron chi connectivity index (χ2n) is 10.2. The fourth-order valence-electron chi connectivity index (χ4n) is 4.28. The summed E-state index contributed by atoms with van der Waals surface area (Å²) in [5, 5.41) is 15.9. The Morgan fingerprint density at radius 3 is 2.23 bits per heavy atom. The zero-order valence-electron chi connectivity index (χ0n) is 21.2. The molecule has 2 saturated carbocycles. The smallest absolute Gasteiger partial charge is 0.240 e. The number of carbonyl (C=O) groups is 2. The van der Waals surface area contributed by atoms with Gasteiger partial charge in [0, 0.05) is 35.1 Å². The van der Waals surface area contributed by atoms with E-state index in [1.807, 2.05) is 0 Å². The zero-order valence-corrected chi connectivity index (χ0v) is 21.2. The molecule has 1 aromatic heterocycles. The van der Waals surface area contributed by atoms with Crippen molar-refractivity contribution in [3.8, 4) is 17.2 Å². The Balaban J connectivity index is 1.12. The predicted molar refractivity (Wildman–Crippen MR) is 143 cm³/mol. The number of carbonyl (C=O) groups excluding carboxylic acids is 2. The van der Waals surface area contributed by atoms with Gasteiger partial charge in [-0.05, 0) is 80.3 Å². The molecule has 8 nitrogen and oxygen atoms in total. The SMILES string of the molecule is O=C(Nc1ccc(F)cc1)C1(C(=O)Nc2ccc(Oc3ccnc4cc(OCC5(O)CC5)ccc34)c(F)c2)CC1. The van der Waals surface area contributed by atoms with E-state index < -0.39 is 34.5 Å². The highest BCUT2D eigenvalue weighted by molar-refractivity contribution is 6.16. The maximum absolute atomic E-state index is 15.0. The highest BCUT2D eigenvalue weighted by atomic mass is 19.1. The monoisotopic (exact) mass is 545 g/mol. The van der Waals surface area contributed by atoms with Gasteiger partial charge in [0.1, 0.15) is 29.3 Å². The lowest BCUT2D eigenvalue weighted by Crippen LogP contribution is -2.35. The van der Waals surface area contributed by atoms with E-state index in [1.165, 1.54) is 42.6 Å². The number of nitrogens with zero attached hydrogens (tertiary/aromatic N) is 1. The number of amides is 2. The van der Waals surface area contributed by atoms with E-state index in [-0.39, 0.29) is 18.0 Å². The number of nitrogens with one attached hydrogen (secondary N) is 2. The van der Waals surface area contributed by atoms with Crippen LogP contribution in [0.3, 0.4) is 0 Å². The van der Waals surface area contributed by atoms with Crippen LogP contribution in [-0.2, 0) is 9.59 Å². The second-order valence-corrected chi connectivity index (χ2v) is 10.2. The maximum Gasteiger partial charge on any atom is 0.240 e. The van der Waals surface area contributed by atoms with Crippen LogP contribution in [0.15, 0.2) is 72.9 Å². The number of hydrogen-bond acceptors (Lipinski definition) is 6. The largest absolute Gasteiger partial charge is 0.491 e. The van der Waals surface area contributed by atoms with E-state index in [4.69, 9.17) is 9.47 Å². The molecule has 2 fully saturated rings. The number of benzene rings is 3. The molecule has 0 bridgehead atoms. The Labute approximate surface area is 227 Å². The number of rotatable bonds is 9. The standard InChI is InChI=1S/C30H25F2N3O5/c31-18-1-3-19(4-2-18)34-27(36)30(12-13-30)28(37)35-20-5-8-26(23(32)15-20)40-25-9-14-33-24-16-21(6-7-22(24)25)39-17-29(38)10-11-29/h1-9,14-16,38H,10-13,17H2,(H,34,36)(H,35,37). The Morgan fingerprint density at radius 1 is 0.850 bits per heavy atom. The first-order chi connectivity index (χ1) is 19.2. The maximum atomic E-state index is 15.0. The van der Waals surface area contributed by atoms with Crippen molar-refractivity contribution >= 4 is 34.1 Å². The summed E-state index contributed by atoms with van der Waals surface area (Å²) in [6.07, 6.45) is 3.67. The van der Waals surface area contributed by atoms with Gasteiger partial charge < -0.3 is 25.2 Å². The molecule has 204 valence electrons. The van der Waals surface area contributed by atoms with Crippen molar-refractivity contribution in [2.75, 3.05) is 17.2 Å². The number of pyridine rings is 1. The summed E-state index contributed by atoms with van der Waals surface area (Å²) < 4.78 is 39.7. The van der Waals surface area contributed by atoms with E-state index in [2.05, 4.69) is 15.6 Å². The minimum Gasteiger partial charge on any atom is -0.491 e. The number of fused-ring (bicyclic) bond motifs is 1. The first kappa shape index (κ1) is 25.7. The molecule has 0 saturated heterocycles.